The van der Waals surface area contributed by atoms with Gasteiger partial charge in [0.15, 0.2) is 6.61 Å². The van der Waals surface area contributed by atoms with Crippen LogP contribution in [0, 0.1) is 0 Å². The van der Waals surface area contributed by atoms with Crippen LogP contribution in [0.15, 0.2) is 24.3 Å². The number of rotatable bonds is 10. The molecule has 0 saturated heterocycles. The maximum atomic E-state index is 11.8. The monoisotopic (exact) mass is 352 g/mol. The number of nitrogens with one attached hydrogen (secondary N) is 1. The van der Waals surface area contributed by atoms with E-state index in [0.29, 0.717) is 17.9 Å². The molecule has 0 fully saturated rings. The summed E-state index contributed by atoms with van der Waals surface area (Å²) in [5, 5.41) is 13.4. The van der Waals surface area contributed by atoms with Crippen molar-refractivity contribution in [3.05, 3.63) is 29.8 Å². The molecule has 5 nitrogen and oxygen atoms in total. The van der Waals surface area contributed by atoms with Crippen molar-refractivity contribution < 1.29 is 19.4 Å². The minimum atomic E-state index is -1.27. The third kappa shape index (κ3) is 6.43. The molecule has 0 heterocycles. The number of hydrogen-bond acceptors (Lipinski definition) is 5. The average Bonchev–Trinajstić information content (AvgIpc) is 2.56. The van der Waals surface area contributed by atoms with Crippen molar-refractivity contribution in [1.82, 2.24) is 5.32 Å². The second-order valence-corrected chi connectivity index (χ2v) is 7.26. The minimum absolute atomic E-state index is 0.0922. The third-order valence-electron chi connectivity index (χ3n) is 4.12. The fraction of sp³-hybridized carbons (Fsp3) is 0.556. The van der Waals surface area contributed by atoms with Gasteiger partial charge in [-0.2, -0.15) is 11.8 Å². The van der Waals surface area contributed by atoms with E-state index in [1.165, 1.54) is 17.3 Å². The topological polar surface area (TPSA) is 78.5 Å². The molecule has 0 radical (unpaired) electrons. The molecule has 1 atom stereocenters. The van der Waals surface area contributed by atoms with Crippen LogP contribution in [0.2, 0.25) is 0 Å². The molecule has 1 amide bonds. The molecule has 0 aliphatic rings. The van der Waals surface area contributed by atoms with E-state index in [1.807, 2.05) is 30.5 Å². The first-order chi connectivity index (χ1) is 11.3. The normalized spacial score (nSPS) is 12.5. The molecule has 1 aromatic carbocycles. The SMILES string of the molecule is CCC(C)(C)c1ccc(OCC(=O)N[C@H](CCSC)C(=O)[O-])cc1. The van der Waals surface area contributed by atoms with Crippen LogP contribution in [0.4, 0.5) is 0 Å². The highest BCUT2D eigenvalue weighted by Crippen LogP contribution is 2.27. The number of carboxylic acid groups (broad SMARTS) is 1. The van der Waals surface area contributed by atoms with Gasteiger partial charge in [-0.1, -0.05) is 32.9 Å². The lowest BCUT2D eigenvalue weighted by Gasteiger charge is -2.23. The predicted molar refractivity (Wildman–Crippen MR) is 95.2 cm³/mol. The highest BCUT2D eigenvalue weighted by molar-refractivity contribution is 7.98. The van der Waals surface area contributed by atoms with Gasteiger partial charge in [-0.25, -0.2) is 0 Å². The molecular weight excluding hydrogens is 326 g/mol. The van der Waals surface area contributed by atoms with Gasteiger partial charge in [0.05, 0.1) is 12.0 Å². The number of carbonyl (C=O) groups excluding carboxylic acids is 2. The van der Waals surface area contributed by atoms with Crippen LogP contribution in [-0.2, 0) is 15.0 Å². The van der Waals surface area contributed by atoms with Gasteiger partial charge >= 0.3 is 0 Å². The van der Waals surface area contributed by atoms with Crippen molar-refractivity contribution >= 4 is 23.6 Å². The van der Waals surface area contributed by atoms with Crippen LogP contribution in [0.25, 0.3) is 0 Å². The summed E-state index contributed by atoms with van der Waals surface area (Å²) in [4.78, 5) is 22.8. The Bertz CT molecular complexity index is 542. The summed E-state index contributed by atoms with van der Waals surface area (Å²) in [6, 6.07) is 6.63. The molecule has 134 valence electrons. The number of ether oxygens (including phenoxy) is 1. The zero-order chi connectivity index (χ0) is 18.2. The average molecular weight is 352 g/mol. The lowest BCUT2D eigenvalue weighted by molar-refractivity contribution is -0.308. The fourth-order valence-electron chi connectivity index (χ4n) is 2.08. The van der Waals surface area contributed by atoms with Crippen LogP contribution in [0.1, 0.15) is 39.2 Å². The molecule has 0 aromatic heterocycles. The molecule has 0 unspecified atom stereocenters. The highest BCUT2D eigenvalue weighted by Gasteiger charge is 2.18. The minimum Gasteiger partial charge on any atom is -0.548 e. The van der Waals surface area contributed by atoms with E-state index in [0.717, 1.165) is 6.42 Å². The fourth-order valence-corrected chi connectivity index (χ4v) is 2.55. The van der Waals surface area contributed by atoms with Crippen LogP contribution in [0.5, 0.6) is 5.75 Å². The molecule has 0 saturated carbocycles. The Balaban J connectivity index is 2.53. The largest absolute Gasteiger partial charge is 0.548 e. The third-order valence-corrected chi connectivity index (χ3v) is 4.76. The van der Waals surface area contributed by atoms with Crippen molar-refractivity contribution in [2.45, 2.75) is 45.1 Å². The van der Waals surface area contributed by atoms with Crippen molar-refractivity contribution in [3.63, 3.8) is 0 Å². The Morgan fingerprint density at radius 3 is 2.42 bits per heavy atom. The van der Waals surface area contributed by atoms with Gasteiger partial charge in [0.2, 0.25) is 0 Å². The predicted octanol–water partition coefficient (Wildman–Crippen LogP) is 1.74. The summed E-state index contributed by atoms with van der Waals surface area (Å²) in [5.41, 5.74) is 1.30. The van der Waals surface area contributed by atoms with Gasteiger partial charge in [0, 0.05) is 0 Å². The number of aliphatic carboxylic acids is 1. The number of carbonyl (C=O) groups is 2. The summed E-state index contributed by atoms with van der Waals surface area (Å²) < 4.78 is 5.42. The molecular formula is C18H26NO4S-. The standard InChI is InChI=1S/C18H27NO4S/c1-5-18(2,3)13-6-8-14(9-7-13)23-12-16(20)19-15(17(21)22)10-11-24-4/h6-9,15H,5,10-12H2,1-4H3,(H,19,20)(H,21,22)/p-1/t15-/m1/s1. The summed E-state index contributed by atoms with van der Waals surface area (Å²) in [7, 11) is 0. The zero-order valence-corrected chi connectivity index (χ0v) is 15.6. The lowest BCUT2D eigenvalue weighted by atomic mass is 9.82. The molecule has 6 heteroatoms. The van der Waals surface area contributed by atoms with E-state index in [4.69, 9.17) is 4.74 Å². The van der Waals surface area contributed by atoms with E-state index in [9.17, 15) is 14.7 Å². The van der Waals surface area contributed by atoms with Crippen molar-refractivity contribution in [1.29, 1.82) is 0 Å². The molecule has 24 heavy (non-hydrogen) atoms. The van der Waals surface area contributed by atoms with Crippen molar-refractivity contribution in [2.75, 3.05) is 18.6 Å². The van der Waals surface area contributed by atoms with Crippen LogP contribution >= 0.6 is 11.8 Å². The van der Waals surface area contributed by atoms with Gasteiger partial charge in [-0.3, -0.25) is 4.79 Å². The highest BCUT2D eigenvalue weighted by atomic mass is 32.2. The summed E-state index contributed by atoms with van der Waals surface area (Å²) >= 11 is 1.52. The summed E-state index contributed by atoms with van der Waals surface area (Å²) in [5.74, 6) is -0.532. The van der Waals surface area contributed by atoms with Crippen molar-refractivity contribution in [2.24, 2.45) is 0 Å². The first kappa shape index (κ1) is 20.4. The van der Waals surface area contributed by atoms with E-state index < -0.39 is 17.9 Å². The van der Waals surface area contributed by atoms with E-state index in [1.54, 1.807) is 0 Å². The van der Waals surface area contributed by atoms with Gasteiger partial charge < -0.3 is 20.0 Å². The number of hydrogen-bond donors (Lipinski definition) is 1. The number of carboxylic acids is 1. The zero-order valence-electron chi connectivity index (χ0n) is 14.8. The Labute approximate surface area is 148 Å². The molecule has 1 aromatic rings. The quantitative estimate of drug-likeness (QED) is 0.694. The second kappa shape index (κ2) is 9.57. The first-order valence-electron chi connectivity index (χ1n) is 8.02. The van der Waals surface area contributed by atoms with Crippen LogP contribution < -0.4 is 15.2 Å². The van der Waals surface area contributed by atoms with Gasteiger partial charge in [-0.05, 0) is 48.0 Å². The Morgan fingerprint density at radius 2 is 1.92 bits per heavy atom. The Morgan fingerprint density at radius 1 is 1.29 bits per heavy atom. The first-order valence-corrected chi connectivity index (χ1v) is 9.42. The van der Waals surface area contributed by atoms with Crippen LogP contribution in [-0.4, -0.2) is 36.5 Å². The summed E-state index contributed by atoms with van der Waals surface area (Å²) in [6.45, 7) is 6.26. The Hall–Kier alpha value is -1.69. The summed E-state index contributed by atoms with van der Waals surface area (Å²) in [6.07, 6.45) is 3.23. The molecule has 1 N–H and O–H groups in total. The number of amides is 1. The van der Waals surface area contributed by atoms with Gasteiger partial charge in [-0.15, -0.1) is 0 Å². The maximum absolute atomic E-state index is 11.8. The number of benzene rings is 1. The molecule has 0 bridgehead atoms. The maximum Gasteiger partial charge on any atom is 0.258 e. The van der Waals surface area contributed by atoms with Gasteiger partial charge in [0.1, 0.15) is 5.75 Å². The molecule has 0 aliphatic heterocycles. The second-order valence-electron chi connectivity index (χ2n) is 6.27. The van der Waals surface area contributed by atoms with E-state index in [2.05, 4.69) is 26.1 Å². The van der Waals surface area contributed by atoms with Gasteiger partial charge in [0.25, 0.3) is 5.91 Å². The smallest absolute Gasteiger partial charge is 0.258 e. The molecule has 0 spiro atoms. The van der Waals surface area contributed by atoms with Crippen LogP contribution in [0.3, 0.4) is 0 Å². The number of thioether (sulfide) groups is 1. The van der Waals surface area contributed by atoms with E-state index >= 15 is 0 Å². The lowest BCUT2D eigenvalue weighted by Crippen LogP contribution is -2.49. The molecule has 1 rings (SSSR count). The van der Waals surface area contributed by atoms with Crippen molar-refractivity contribution in [3.8, 4) is 5.75 Å². The molecule has 0 aliphatic carbocycles. The Kier molecular flexibility index (Phi) is 8.11. The van der Waals surface area contributed by atoms with E-state index in [-0.39, 0.29) is 12.0 Å².